The molecule has 1 aromatic rings. The van der Waals surface area contributed by atoms with E-state index in [1.165, 1.54) is 0 Å². The number of pyridine rings is 1. The fourth-order valence-electron chi connectivity index (χ4n) is 2.53. The Hall–Kier alpha value is -0.840. The van der Waals surface area contributed by atoms with E-state index in [0.29, 0.717) is 12.5 Å². The van der Waals surface area contributed by atoms with E-state index >= 15 is 0 Å². The van der Waals surface area contributed by atoms with Crippen molar-refractivity contribution in [2.75, 3.05) is 31.7 Å². The first-order chi connectivity index (χ1) is 9.89. The van der Waals surface area contributed by atoms with Crippen LogP contribution >= 0.6 is 11.6 Å². The standard InChI is InChI=1S/C16H26ClN3O/c1-16(2,3)18-9-14-13(17)5-6-15(19-14)20-8-7-12(10-20)11-21-4/h5-6,12,18H,7-11H2,1-4H3. The molecule has 1 aliphatic rings. The SMILES string of the molecule is COCC1CCN(c2ccc(Cl)c(CNC(C)(C)C)n2)C1. The smallest absolute Gasteiger partial charge is 0.128 e. The van der Waals surface area contributed by atoms with Crippen LogP contribution in [-0.4, -0.2) is 37.3 Å². The lowest BCUT2D eigenvalue weighted by atomic mass is 10.1. The highest BCUT2D eigenvalue weighted by molar-refractivity contribution is 6.31. The predicted molar refractivity (Wildman–Crippen MR) is 88.0 cm³/mol. The molecule has 0 amide bonds. The second-order valence-corrected chi connectivity index (χ2v) is 7.16. The normalized spacial score (nSPS) is 19.3. The van der Waals surface area contributed by atoms with Crippen molar-refractivity contribution in [1.82, 2.24) is 10.3 Å². The average molecular weight is 312 g/mol. The van der Waals surface area contributed by atoms with Crippen LogP contribution in [-0.2, 0) is 11.3 Å². The molecule has 5 heteroatoms. The predicted octanol–water partition coefficient (Wildman–Crippen LogP) is 3.10. The summed E-state index contributed by atoms with van der Waals surface area (Å²) in [4.78, 5) is 7.06. The molecule has 2 heterocycles. The van der Waals surface area contributed by atoms with Gasteiger partial charge in [-0.1, -0.05) is 11.6 Å². The van der Waals surface area contributed by atoms with Gasteiger partial charge in [0.15, 0.2) is 0 Å². The minimum absolute atomic E-state index is 0.0538. The molecular weight excluding hydrogens is 286 g/mol. The van der Waals surface area contributed by atoms with Crippen molar-refractivity contribution in [3.8, 4) is 0 Å². The van der Waals surface area contributed by atoms with Gasteiger partial charge in [-0.15, -0.1) is 0 Å². The molecule has 0 aromatic carbocycles. The summed E-state index contributed by atoms with van der Waals surface area (Å²) in [5.74, 6) is 1.62. The van der Waals surface area contributed by atoms with Crippen LogP contribution in [0.15, 0.2) is 12.1 Å². The van der Waals surface area contributed by atoms with Crippen LogP contribution in [0.25, 0.3) is 0 Å². The summed E-state index contributed by atoms with van der Waals surface area (Å²) in [7, 11) is 1.76. The van der Waals surface area contributed by atoms with Crippen LogP contribution in [0.3, 0.4) is 0 Å². The molecule has 1 saturated heterocycles. The molecule has 1 aliphatic heterocycles. The number of ether oxygens (including phenoxy) is 1. The van der Waals surface area contributed by atoms with Gasteiger partial charge in [0.1, 0.15) is 5.82 Å². The molecule has 0 spiro atoms. The number of nitrogens with zero attached hydrogens (tertiary/aromatic N) is 2. The molecule has 1 unspecified atom stereocenters. The number of methoxy groups -OCH3 is 1. The Labute approximate surface area is 132 Å². The Morgan fingerprint density at radius 2 is 2.19 bits per heavy atom. The second-order valence-electron chi connectivity index (χ2n) is 6.76. The number of aromatic nitrogens is 1. The lowest BCUT2D eigenvalue weighted by Gasteiger charge is -2.22. The van der Waals surface area contributed by atoms with E-state index in [2.05, 4.69) is 31.0 Å². The number of hydrogen-bond donors (Lipinski definition) is 1. The molecule has 118 valence electrons. The van der Waals surface area contributed by atoms with E-state index < -0.39 is 0 Å². The summed E-state index contributed by atoms with van der Waals surface area (Å²) < 4.78 is 5.25. The first kappa shape index (κ1) is 16.5. The van der Waals surface area contributed by atoms with Gasteiger partial charge in [-0.2, -0.15) is 0 Å². The van der Waals surface area contributed by atoms with Gasteiger partial charge < -0.3 is 15.0 Å². The average Bonchev–Trinajstić information content (AvgIpc) is 2.86. The van der Waals surface area contributed by atoms with Gasteiger partial charge in [0, 0.05) is 38.2 Å². The van der Waals surface area contributed by atoms with Crippen LogP contribution in [0.1, 0.15) is 32.9 Å². The monoisotopic (exact) mass is 311 g/mol. The Balaban J connectivity index is 2.05. The first-order valence-electron chi connectivity index (χ1n) is 7.53. The van der Waals surface area contributed by atoms with Gasteiger partial charge >= 0.3 is 0 Å². The summed E-state index contributed by atoms with van der Waals surface area (Å²) in [6.07, 6.45) is 1.16. The fourth-order valence-corrected chi connectivity index (χ4v) is 2.71. The van der Waals surface area contributed by atoms with Crippen LogP contribution < -0.4 is 10.2 Å². The molecule has 4 nitrogen and oxygen atoms in total. The maximum Gasteiger partial charge on any atom is 0.128 e. The topological polar surface area (TPSA) is 37.4 Å². The zero-order chi connectivity index (χ0) is 15.5. The zero-order valence-electron chi connectivity index (χ0n) is 13.4. The number of nitrogens with one attached hydrogen (secondary N) is 1. The van der Waals surface area contributed by atoms with E-state index in [4.69, 9.17) is 21.3 Å². The van der Waals surface area contributed by atoms with Crippen LogP contribution in [0.2, 0.25) is 5.02 Å². The maximum absolute atomic E-state index is 6.27. The molecule has 0 radical (unpaired) electrons. The summed E-state index contributed by atoms with van der Waals surface area (Å²) in [6.45, 7) is 9.97. The number of halogens is 1. The number of rotatable bonds is 5. The molecule has 1 aromatic heterocycles. The molecule has 0 saturated carbocycles. The maximum atomic E-state index is 6.27. The fraction of sp³-hybridized carbons (Fsp3) is 0.688. The van der Waals surface area contributed by atoms with Gasteiger partial charge in [0.2, 0.25) is 0 Å². The third-order valence-corrected chi connectivity index (χ3v) is 4.05. The molecular formula is C16H26ClN3O. The molecule has 1 atom stereocenters. The van der Waals surface area contributed by atoms with Crippen molar-refractivity contribution >= 4 is 17.4 Å². The van der Waals surface area contributed by atoms with E-state index in [1.807, 2.05) is 12.1 Å². The van der Waals surface area contributed by atoms with E-state index in [-0.39, 0.29) is 5.54 Å². The van der Waals surface area contributed by atoms with Gasteiger partial charge in [0.25, 0.3) is 0 Å². The van der Waals surface area contributed by atoms with Crippen molar-refractivity contribution in [2.24, 2.45) is 5.92 Å². The molecule has 2 rings (SSSR count). The highest BCUT2D eigenvalue weighted by Crippen LogP contribution is 2.25. The third kappa shape index (κ3) is 4.83. The van der Waals surface area contributed by atoms with Gasteiger partial charge in [-0.05, 0) is 39.3 Å². The Bertz CT molecular complexity index is 473. The van der Waals surface area contributed by atoms with Gasteiger partial charge in [-0.25, -0.2) is 4.98 Å². The van der Waals surface area contributed by atoms with Crippen molar-refractivity contribution in [3.05, 3.63) is 22.8 Å². The Morgan fingerprint density at radius 1 is 1.43 bits per heavy atom. The van der Waals surface area contributed by atoms with Gasteiger partial charge in [0.05, 0.1) is 17.3 Å². The number of hydrogen-bond acceptors (Lipinski definition) is 4. The van der Waals surface area contributed by atoms with E-state index in [0.717, 1.165) is 42.7 Å². The highest BCUT2D eigenvalue weighted by Gasteiger charge is 2.24. The summed E-state index contributed by atoms with van der Waals surface area (Å²) >= 11 is 6.27. The van der Waals surface area contributed by atoms with Crippen LogP contribution in [0.4, 0.5) is 5.82 Å². The highest BCUT2D eigenvalue weighted by atomic mass is 35.5. The van der Waals surface area contributed by atoms with E-state index in [1.54, 1.807) is 7.11 Å². The largest absolute Gasteiger partial charge is 0.384 e. The van der Waals surface area contributed by atoms with Gasteiger partial charge in [-0.3, -0.25) is 0 Å². The number of anilines is 1. The molecule has 0 aliphatic carbocycles. The lowest BCUT2D eigenvalue weighted by molar-refractivity contribution is 0.161. The Kier molecular flexibility index (Phi) is 5.47. The minimum atomic E-state index is 0.0538. The molecule has 0 bridgehead atoms. The minimum Gasteiger partial charge on any atom is -0.384 e. The van der Waals surface area contributed by atoms with Crippen LogP contribution in [0, 0.1) is 5.92 Å². The lowest BCUT2D eigenvalue weighted by Crippen LogP contribution is -2.35. The quantitative estimate of drug-likeness (QED) is 0.906. The third-order valence-electron chi connectivity index (χ3n) is 3.70. The molecule has 21 heavy (non-hydrogen) atoms. The second kappa shape index (κ2) is 6.95. The zero-order valence-corrected chi connectivity index (χ0v) is 14.2. The molecule has 1 N–H and O–H groups in total. The molecule has 1 fully saturated rings. The summed E-state index contributed by atoms with van der Waals surface area (Å²) in [5.41, 5.74) is 0.970. The van der Waals surface area contributed by atoms with E-state index in [9.17, 15) is 0 Å². The van der Waals surface area contributed by atoms with Crippen LogP contribution in [0.5, 0.6) is 0 Å². The first-order valence-corrected chi connectivity index (χ1v) is 7.91. The van der Waals surface area contributed by atoms with Crippen molar-refractivity contribution < 1.29 is 4.74 Å². The summed E-state index contributed by atoms with van der Waals surface area (Å²) in [5, 5.41) is 4.17. The summed E-state index contributed by atoms with van der Waals surface area (Å²) in [6, 6.07) is 3.96. The van der Waals surface area contributed by atoms with Crippen molar-refractivity contribution in [1.29, 1.82) is 0 Å². The van der Waals surface area contributed by atoms with Crippen molar-refractivity contribution in [2.45, 2.75) is 39.3 Å². The Morgan fingerprint density at radius 3 is 2.86 bits per heavy atom. The van der Waals surface area contributed by atoms with Crippen molar-refractivity contribution in [3.63, 3.8) is 0 Å².